The molecule has 3 rings (SSSR count). The van der Waals surface area contributed by atoms with Crippen molar-refractivity contribution in [2.75, 3.05) is 24.0 Å². The third-order valence-corrected chi connectivity index (χ3v) is 6.97. The standard InChI is InChI=1S/C26H33N5O6S/c1-26(2,3)37-25(33)30-20-12-7-6-11-19(20)29-21-13-16(15-27)22(24(32)36-4)23(31-21)28-17-9-8-10-18(14-17)38(5,34)35/h8-10,13-14,19-20H,6-7,11-12H2,1-5H3,(H,30,33)(H2,28,29,31). The molecule has 1 fully saturated rings. The van der Waals surface area contributed by atoms with E-state index in [0.29, 0.717) is 11.5 Å². The number of nitrogens with one attached hydrogen (secondary N) is 3. The van der Waals surface area contributed by atoms with Gasteiger partial charge in [0.2, 0.25) is 0 Å². The number of carbonyl (C=O) groups is 2. The predicted molar refractivity (Wildman–Crippen MR) is 142 cm³/mol. The zero-order valence-corrected chi connectivity index (χ0v) is 22.9. The lowest BCUT2D eigenvalue weighted by Gasteiger charge is -2.34. The molecule has 1 aromatic carbocycles. The molecule has 38 heavy (non-hydrogen) atoms. The fraction of sp³-hybridized carbons (Fsp3) is 0.462. The monoisotopic (exact) mass is 543 g/mol. The Morgan fingerprint density at radius 3 is 2.42 bits per heavy atom. The van der Waals surface area contributed by atoms with Crippen molar-refractivity contribution in [1.82, 2.24) is 10.3 Å². The van der Waals surface area contributed by atoms with E-state index in [1.54, 1.807) is 32.9 Å². The van der Waals surface area contributed by atoms with Gasteiger partial charge in [-0.15, -0.1) is 0 Å². The molecular formula is C26H33N5O6S. The number of sulfone groups is 1. The average Bonchev–Trinajstić information content (AvgIpc) is 2.83. The van der Waals surface area contributed by atoms with Crippen LogP contribution in [0, 0.1) is 11.3 Å². The van der Waals surface area contributed by atoms with E-state index in [2.05, 4.69) is 20.9 Å². The number of benzene rings is 1. The predicted octanol–water partition coefficient (Wildman–Crippen LogP) is 4.13. The van der Waals surface area contributed by atoms with E-state index in [1.807, 2.05) is 6.07 Å². The number of anilines is 3. The van der Waals surface area contributed by atoms with Crippen LogP contribution in [0.2, 0.25) is 0 Å². The Bertz CT molecular complexity index is 1350. The molecule has 0 saturated heterocycles. The largest absolute Gasteiger partial charge is 0.465 e. The second-order valence-corrected chi connectivity index (χ2v) is 12.1. The van der Waals surface area contributed by atoms with Crippen LogP contribution in [0.15, 0.2) is 35.2 Å². The number of pyridine rings is 1. The maximum Gasteiger partial charge on any atom is 0.407 e. The zero-order chi connectivity index (χ0) is 28.1. The molecule has 0 spiro atoms. The van der Waals surface area contributed by atoms with Gasteiger partial charge >= 0.3 is 12.1 Å². The highest BCUT2D eigenvalue weighted by Crippen LogP contribution is 2.29. The van der Waals surface area contributed by atoms with Crippen LogP contribution in [0.3, 0.4) is 0 Å². The lowest BCUT2D eigenvalue weighted by atomic mass is 9.90. The molecule has 3 N–H and O–H groups in total. The Morgan fingerprint density at radius 2 is 1.82 bits per heavy atom. The number of hydrogen-bond acceptors (Lipinski definition) is 10. The van der Waals surface area contributed by atoms with E-state index in [0.717, 1.165) is 31.9 Å². The van der Waals surface area contributed by atoms with Crippen LogP contribution in [-0.4, -0.2) is 56.5 Å². The molecule has 1 aliphatic rings. The number of alkyl carbamates (subject to hydrolysis) is 1. The molecule has 0 bridgehead atoms. The third kappa shape index (κ3) is 7.58. The van der Waals surface area contributed by atoms with E-state index < -0.39 is 27.5 Å². The first-order chi connectivity index (χ1) is 17.8. The lowest BCUT2D eigenvalue weighted by molar-refractivity contribution is 0.0487. The second kappa shape index (κ2) is 11.7. The van der Waals surface area contributed by atoms with Crippen LogP contribution in [0.1, 0.15) is 62.4 Å². The number of carbonyl (C=O) groups excluding carboxylic acids is 2. The molecule has 2 atom stereocenters. The summed E-state index contributed by atoms with van der Waals surface area (Å²) in [6.45, 7) is 5.37. The topological polar surface area (TPSA) is 160 Å². The van der Waals surface area contributed by atoms with Crippen molar-refractivity contribution in [3.05, 3.63) is 41.5 Å². The average molecular weight is 544 g/mol. The molecule has 0 aliphatic heterocycles. The van der Waals surface area contributed by atoms with Gasteiger partial charge in [-0.05, 0) is 57.9 Å². The molecule has 1 aliphatic carbocycles. The first-order valence-electron chi connectivity index (χ1n) is 12.2. The first kappa shape index (κ1) is 28.7. The summed E-state index contributed by atoms with van der Waals surface area (Å²) in [5.74, 6) is -0.445. The molecule has 204 valence electrons. The molecule has 0 radical (unpaired) electrons. The van der Waals surface area contributed by atoms with Crippen LogP contribution < -0.4 is 16.0 Å². The Labute approximate surface area is 222 Å². The Kier molecular flexibility index (Phi) is 8.83. The van der Waals surface area contributed by atoms with Crippen LogP contribution >= 0.6 is 0 Å². The molecule has 1 aromatic heterocycles. The second-order valence-electron chi connectivity index (χ2n) is 10.1. The fourth-order valence-corrected chi connectivity index (χ4v) is 4.84. The maximum absolute atomic E-state index is 12.6. The number of nitrogens with zero attached hydrogens (tertiary/aromatic N) is 2. The van der Waals surface area contributed by atoms with Crippen molar-refractivity contribution in [3.8, 4) is 6.07 Å². The number of amides is 1. The molecule has 1 amide bonds. The number of hydrogen-bond donors (Lipinski definition) is 3. The number of methoxy groups -OCH3 is 1. The van der Waals surface area contributed by atoms with E-state index >= 15 is 0 Å². The highest BCUT2D eigenvalue weighted by molar-refractivity contribution is 7.90. The maximum atomic E-state index is 12.6. The van der Waals surface area contributed by atoms with Crippen molar-refractivity contribution >= 4 is 39.2 Å². The number of ether oxygens (including phenoxy) is 2. The van der Waals surface area contributed by atoms with Crippen LogP contribution in [0.25, 0.3) is 0 Å². The summed E-state index contributed by atoms with van der Waals surface area (Å²) in [4.78, 5) is 29.6. The smallest absolute Gasteiger partial charge is 0.407 e. The number of esters is 1. The van der Waals surface area contributed by atoms with E-state index in [4.69, 9.17) is 9.47 Å². The van der Waals surface area contributed by atoms with Gasteiger partial charge in [-0.2, -0.15) is 5.26 Å². The Hall–Kier alpha value is -3.85. The summed E-state index contributed by atoms with van der Waals surface area (Å²) < 4.78 is 34.3. The molecule has 12 heteroatoms. The van der Waals surface area contributed by atoms with Gasteiger partial charge in [-0.1, -0.05) is 18.9 Å². The van der Waals surface area contributed by atoms with Crippen LogP contribution in [-0.2, 0) is 19.3 Å². The van der Waals surface area contributed by atoms with Gasteiger partial charge in [-0.25, -0.2) is 23.0 Å². The molecule has 1 saturated carbocycles. The van der Waals surface area contributed by atoms with Crippen molar-refractivity contribution in [2.45, 2.75) is 69.0 Å². The van der Waals surface area contributed by atoms with E-state index in [9.17, 15) is 23.3 Å². The number of nitriles is 1. The van der Waals surface area contributed by atoms with Crippen molar-refractivity contribution in [1.29, 1.82) is 5.26 Å². The van der Waals surface area contributed by atoms with Crippen LogP contribution in [0.5, 0.6) is 0 Å². The fourth-order valence-electron chi connectivity index (χ4n) is 4.17. The van der Waals surface area contributed by atoms with E-state index in [-0.39, 0.29) is 33.9 Å². The Balaban J connectivity index is 1.95. The first-order valence-corrected chi connectivity index (χ1v) is 14.1. The quantitative estimate of drug-likeness (QED) is 0.433. The molecular weight excluding hydrogens is 510 g/mol. The summed E-state index contributed by atoms with van der Waals surface area (Å²) in [6, 6.07) is 9.04. The van der Waals surface area contributed by atoms with Gasteiger partial charge < -0.3 is 25.4 Å². The summed E-state index contributed by atoms with van der Waals surface area (Å²) in [5, 5.41) is 19.0. The minimum atomic E-state index is -3.48. The van der Waals surface area contributed by atoms with Gasteiger partial charge in [0.25, 0.3) is 0 Å². The molecule has 11 nitrogen and oxygen atoms in total. The summed E-state index contributed by atoms with van der Waals surface area (Å²) in [6.07, 6.45) is 3.90. The minimum Gasteiger partial charge on any atom is -0.465 e. The Morgan fingerprint density at radius 1 is 1.13 bits per heavy atom. The highest BCUT2D eigenvalue weighted by Gasteiger charge is 2.30. The summed E-state index contributed by atoms with van der Waals surface area (Å²) >= 11 is 0. The SMILES string of the molecule is COC(=O)c1c(C#N)cc(NC2CCCCC2NC(=O)OC(C)(C)C)nc1Nc1cccc(S(C)(=O)=O)c1. The highest BCUT2D eigenvalue weighted by atomic mass is 32.2. The van der Waals surface area contributed by atoms with Gasteiger partial charge in [0.15, 0.2) is 9.84 Å². The van der Waals surface area contributed by atoms with Crippen molar-refractivity contribution in [3.63, 3.8) is 0 Å². The normalized spacial score (nSPS) is 17.6. The molecule has 1 heterocycles. The van der Waals surface area contributed by atoms with Crippen molar-refractivity contribution < 1.29 is 27.5 Å². The van der Waals surface area contributed by atoms with E-state index in [1.165, 1.54) is 25.3 Å². The van der Waals surface area contributed by atoms with Gasteiger partial charge in [0, 0.05) is 18.0 Å². The minimum absolute atomic E-state index is 0.0172. The summed E-state index contributed by atoms with van der Waals surface area (Å²) in [7, 11) is -2.28. The van der Waals surface area contributed by atoms with Gasteiger partial charge in [-0.3, -0.25) is 0 Å². The summed E-state index contributed by atoms with van der Waals surface area (Å²) in [5.41, 5.74) is -0.349. The lowest BCUT2D eigenvalue weighted by Crippen LogP contribution is -2.49. The number of rotatable bonds is 7. The molecule has 2 aromatic rings. The van der Waals surface area contributed by atoms with Crippen LogP contribution in [0.4, 0.5) is 22.1 Å². The molecule has 2 unspecified atom stereocenters. The van der Waals surface area contributed by atoms with Gasteiger partial charge in [0.1, 0.15) is 28.9 Å². The number of aromatic nitrogens is 1. The third-order valence-electron chi connectivity index (χ3n) is 5.86. The van der Waals surface area contributed by atoms with Crippen molar-refractivity contribution in [2.24, 2.45) is 0 Å². The van der Waals surface area contributed by atoms with Gasteiger partial charge in [0.05, 0.1) is 23.6 Å². The zero-order valence-electron chi connectivity index (χ0n) is 22.1.